The number of aryl methyl sites for hydroxylation is 1. The van der Waals surface area contributed by atoms with Gasteiger partial charge in [-0.2, -0.15) is 13.2 Å². The van der Waals surface area contributed by atoms with Crippen molar-refractivity contribution < 1.29 is 26.5 Å². The van der Waals surface area contributed by atoms with Crippen LogP contribution in [0.4, 0.5) is 30.2 Å². The van der Waals surface area contributed by atoms with E-state index in [4.69, 9.17) is 0 Å². The van der Waals surface area contributed by atoms with E-state index in [0.717, 1.165) is 18.2 Å². The molecule has 0 radical (unpaired) electrons. The molecule has 2 aromatic carbocycles. The highest BCUT2D eigenvalue weighted by Crippen LogP contribution is 2.41. The highest BCUT2D eigenvalue weighted by molar-refractivity contribution is 7.93. The number of anilines is 1. The summed E-state index contributed by atoms with van der Waals surface area (Å²) in [6.07, 6.45) is -3.44. The van der Waals surface area contributed by atoms with E-state index in [-0.39, 0.29) is 34.6 Å². The number of rotatable bonds is 4. The lowest BCUT2D eigenvalue weighted by atomic mass is 10.0. The minimum atomic E-state index is -4.59. The first kappa shape index (κ1) is 19.8. The smallest absolute Gasteiger partial charge is 0.276 e. The molecule has 148 valence electrons. The molecule has 1 heterocycles. The van der Waals surface area contributed by atoms with E-state index in [1.165, 1.54) is 31.3 Å². The molecular weight excluding hydrogens is 399 g/mol. The van der Waals surface area contributed by atoms with Gasteiger partial charge < -0.3 is 0 Å². The Morgan fingerprint density at radius 3 is 2.61 bits per heavy atom. The van der Waals surface area contributed by atoms with Crippen LogP contribution in [0.15, 0.2) is 41.4 Å². The van der Waals surface area contributed by atoms with Gasteiger partial charge in [0.25, 0.3) is 5.69 Å². The molecule has 0 saturated carbocycles. The number of nitrogens with zero attached hydrogens (tertiary/aromatic N) is 2. The monoisotopic (exact) mass is 413 g/mol. The van der Waals surface area contributed by atoms with Gasteiger partial charge in [0.2, 0.25) is 10.0 Å². The Labute approximate surface area is 158 Å². The molecule has 1 aliphatic heterocycles. The van der Waals surface area contributed by atoms with Crippen molar-refractivity contribution >= 4 is 33.3 Å². The number of nitrogens with one attached hydrogen (secondary N) is 1. The Hall–Kier alpha value is -2.95. The van der Waals surface area contributed by atoms with Gasteiger partial charge in [-0.05, 0) is 30.7 Å². The molecule has 0 saturated heterocycles. The predicted molar refractivity (Wildman–Crippen MR) is 97.3 cm³/mol. The maximum absolute atomic E-state index is 12.9. The van der Waals surface area contributed by atoms with E-state index in [2.05, 4.69) is 9.71 Å². The minimum Gasteiger partial charge on any atom is -0.276 e. The van der Waals surface area contributed by atoms with Crippen LogP contribution in [-0.4, -0.2) is 19.6 Å². The average Bonchev–Trinajstić information content (AvgIpc) is 2.59. The van der Waals surface area contributed by atoms with Gasteiger partial charge in [-0.25, -0.2) is 8.42 Å². The summed E-state index contributed by atoms with van der Waals surface area (Å²) in [5.41, 5.74) is -1.27. The van der Waals surface area contributed by atoms with Crippen LogP contribution in [0.3, 0.4) is 0 Å². The minimum absolute atomic E-state index is 0.0761. The molecule has 0 spiro atoms. The van der Waals surface area contributed by atoms with Gasteiger partial charge in [0.05, 0.1) is 16.2 Å². The second-order valence-electron chi connectivity index (χ2n) is 6.18. The number of hydrogen-bond acceptors (Lipinski definition) is 5. The van der Waals surface area contributed by atoms with E-state index >= 15 is 0 Å². The highest BCUT2D eigenvalue weighted by atomic mass is 32.2. The lowest BCUT2D eigenvalue weighted by Gasteiger charge is -2.23. The quantitative estimate of drug-likeness (QED) is 0.588. The summed E-state index contributed by atoms with van der Waals surface area (Å²) in [6.45, 7) is 1.47. The number of nitro benzene ring substituents is 1. The molecule has 0 unspecified atom stereocenters. The third-order valence-corrected chi connectivity index (χ3v) is 6.00. The summed E-state index contributed by atoms with van der Waals surface area (Å²) in [6, 6.07) is 6.83. The first-order valence-electron chi connectivity index (χ1n) is 8.00. The van der Waals surface area contributed by atoms with Crippen molar-refractivity contribution in [3.05, 3.63) is 63.2 Å². The molecule has 1 atom stereocenters. The topological polar surface area (TPSA) is 102 Å². The second kappa shape index (κ2) is 6.89. The largest absolute Gasteiger partial charge is 0.416 e. The third-order valence-electron chi connectivity index (χ3n) is 4.30. The Bertz CT molecular complexity index is 1080. The second-order valence-corrected chi connectivity index (χ2v) is 8.05. The summed E-state index contributed by atoms with van der Waals surface area (Å²) >= 11 is 0. The zero-order valence-electron chi connectivity index (χ0n) is 14.4. The molecule has 0 bridgehead atoms. The molecule has 1 N–H and O–H groups in total. The number of benzene rings is 2. The molecule has 0 aromatic heterocycles. The first-order chi connectivity index (χ1) is 13.0. The summed E-state index contributed by atoms with van der Waals surface area (Å²) in [5.74, 6) is 0. The van der Waals surface area contributed by atoms with Crippen LogP contribution in [0.5, 0.6) is 0 Å². The Kier molecular flexibility index (Phi) is 4.88. The number of halogens is 3. The van der Waals surface area contributed by atoms with E-state index in [0.29, 0.717) is 0 Å². The molecule has 0 amide bonds. The fourth-order valence-electron chi connectivity index (χ4n) is 2.98. The number of aliphatic imine (C=N–C) groups is 1. The van der Waals surface area contributed by atoms with E-state index in [9.17, 15) is 31.7 Å². The molecule has 1 aliphatic rings. The van der Waals surface area contributed by atoms with E-state index in [1.54, 1.807) is 0 Å². The maximum Gasteiger partial charge on any atom is 0.416 e. The molecule has 3 rings (SSSR count). The molecule has 0 fully saturated rings. The summed E-state index contributed by atoms with van der Waals surface area (Å²) < 4.78 is 66.6. The predicted octanol–water partition coefficient (Wildman–Crippen LogP) is 4.51. The molecule has 0 aliphatic carbocycles. The summed E-state index contributed by atoms with van der Waals surface area (Å²) in [5, 5.41) is 10.0. The average molecular weight is 413 g/mol. The Morgan fingerprint density at radius 2 is 1.96 bits per heavy atom. The van der Waals surface area contributed by atoms with Crippen molar-refractivity contribution in [3.63, 3.8) is 0 Å². The number of sulfonamides is 1. The molecular formula is C17H14F3N3O4S. The van der Waals surface area contributed by atoms with Crippen LogP contribution in [0.2, 0.25) is 0 Å². The fraction of sp³-hybridized carbons (Fsp3) is 0.235. The number of hydrogen-bond donors (Lipinski definition) is 1. The van der Waals surface area contributed by atoms with Gasteiger partial charge in [0.15, 0.2) is 0 Å². The van der Waals surface area contributed by atoms with Crippen molar-refractivity contribution in [3.8, 4) is 0 Å². The number of alkyl halides is 3. The normalized spacial score (nSPS) is 16.5. The lowest BCUT2D eigenvalue weighted by Crippen LogP contribution is -2.24. The van der Waals surface area contributed by atoms with Gasteiger partial charge >= 0.3 is 6.18 Å². The molecule has 2 aromatic rings. The number of fused-ring (bicyclic) bond motifs is 1. The Morgan fingerprint density at radius 1 is 1.25 bits per heavy atom. The molecule has 7 nitrogen and oxygen atoms in total. The van der Waals surface area contributed by atoms with Crippen molar-refractivity contribution in [2.45, 2.75) is 24.8 Å². The summed E-state index contributed by atoms with van der Waals surface area (Å²) in [4.78, 5) is 14.5. The van der Waals surface area contributed by atoms with Crippen LogP contribution in [0.25, 0.3) is 0 Å². The van der Waals surface area contributed by atoms with Gasteiger partial charge in [-0.3, -0.25) is 19.8 Å². The lowest BCUT2D eigenvalue weighted by molar-refractivity contribution is -0.384. The standard InChI is InChI=1S/C17H14F3N3O4S/c1-10-3-2-4-13(16(10)23(24)25)22-28(26,27)15-7-8-21-14-9-11(17(18,19)20)5-6-12(14)15/h2-6,8-9,15,22H,7H2,1H3/t15-/m1/s1. The van der Waals surface area contributed by atoms with Gasteiger partial charge in [0.1, 0.15) is 10.9 Å². The van der Waals surface area contributed by atoms with Crippen LogP contribution >= 0.6 is 0 Å². The zero-order valence-corrected chi connectivity index (χ0v) is 15.2. The Balaban J connectivity index is 2.01. The highest BCUT2D eigenvalue weighted by Gasteiger charge is 2.36. The van der Waals surface area contributed by atoms with Crippen molar-refractivity contribution in [1.82, 2.24) is 0 Å². The van der Waals surface area contributed by atoms with Crippen molar-refractivity contribution in [2.24, 2.45) is 4.99 Å². The van der Waals surface area contributed by atoms with Gasteiger partial charge in [0, 0.05) is 18.2 Å². The van der Waals surface area contributed by atoms with Gasteiger partial charge in [-0.15, -0.1) is 0 Å². The number of nitro groups is 1. The maximum atomic E-state index is 12.9. The zero-order chi connectivity index (χ0) is 20.7. The van der Waals surface area contributed by atoms with E-state index < -0.39 is 31.9 Å². The van der Waals surface area contributed by atoms with Gasteiger partial charge in [-0.1, -0.05) is 18.2 Å². The summed E-state index contributed by atoms with van der Waals surface area (Å²) in [7, 11) is -4.20. The van der Waals surface area contributed by atoms with Crippen LogP contribution in [0.1, 0.15) is 28.4 Å². The third kappa shape index (κ3) is 3.70. The van der Waals surface area contributed by atoms with Crippen molar-refractivity contribution in [2.75, 3.05) is 4.72 Å². The van der Waals surface area contributed by atoms with Crippen LogP contribution < -0.4 is 4.72 Å². The van der Waals surface area contributed by atoms with Crippen LogP contribution in [0, 0.1) is 17.0 Å². The molecule has 11 heteroatoms. The van der Waals surface area contributed by atoms with E-state index in [1.807, 2.05) is 0 Å². The molecule has 28 heavy (non-hydrogen) atoms. The first-order valence-corrected chi connectivity index (χ1v) is 9.54. The number of para-hydroxylation sites is 1. The van der Waals surface area contributed by atoms with Crippen LogP contribution in [-0.2, 0) is 16.2 Å². The SMILES string of the molecule is Cc1cccc(NS(=O)(=O)[C@@H]2CC=Nc3cc(C(F)(F)F)ccc32)c1[N+](=O)[O-]. The fourth-order valence-corrected chi connectivity index (χ4v) is 4.47. The van der Waals surface area contributed by atoms with Crippen molar-refractivity contribution in [1.29, 1.82) is 0 Å².